The molecule has 1 atom stereocenters. The molecule has 3 aromatic rings. The zero-order valence-corrected chi connectivity index (χ0v) is 20.8. The molecule has 0 aliphatic carbocycles. The number of aryl methyl sites for hydroxylation is 1. The summed E-state index contributed by atoms with van der Waals surface area (Å²) < 4.78 is 35.9. The summed E-state index contributed by atoms with van der Waals surface area (Å²) in [6.45, 7) is 4.16. The van der Waals surface area contributed by atoms with Crippen LogP contribution >= 0.6 is 0 Å². The number of aromatic nitrogens is 2. The summed E-state index contributed by atoms with van der Waals surface area (Å²) >= 11 is -2.36. The lowest BCUT2D eigenvalue weighted by atomic mass is 9.92. The van der Waals surface area contributed by atoms with Gasteiger partial charge >= 0.3 is 0 Å². The lowest BCUT2D eigenvalue weighted by Gasteiger charge is -2.25. The quantitative estimate of drug-likeness (QED) is 0.502. The minimum atomic E-state index is -2.36. The molecule has 0 saturated carbocycles. The Morgan fingerprint density at radius 2 is 1.36 bits per heavy atom. The zero-order valence-electron chi connectivity index (χ0n) is 20.0. The predicted octanol–water partition coefficient (Wildman–Crippen LogP) is 3.24. The van der Waals surface area contributed by atoms with Crippen LogP contribution in [-0.4, -0.2) is 39.9 Å². The third kappa shape index (κ3) is 7.40. The number of hydrogen-bond donors (Lipinski definition) is 1. The molecule has 0 spiro atoms. The van der Waals surface area contributed by atoms with Gasteiger partial charge in [0.1, 0.15) is 17.1 Å². The number of rotatable bonds is 8. The Balaban J connectivity index is 0.000000890. The first-order valence-electron chi connectivity index (χ1n) is 10.3. The summed E-state index contributed by atoms with van der Waals surface area (Å²) in [5, 5.41) is 8.90. The molecular formula is C24H32N3O5S-. The van der Waals surface area contributed by atoms with E-state index in [-0.39, 0.29) is 0 Å². The fraction of sp³-hybridized carbons (Fsp3) is 0.375. The van der Waals surface area contributed by atoms with Crippen molar-refractivity contribution < 1.29 is 23.0 Å². The molecule has 0 aliphatic heterocycles. The standard InChI is InChI=1S/C24H30N2O3.H3NO2S/c1-24(2,29-6)23-21(15-17-7-11-19(27-4)12-8-17)22(25-26(23)3)16-18-9-13-20(28-5)14-10-18;1-4(2)3/h7-14H,15-16H2,1-6H3;1H2,(H,2,3)/p-1. The summed E-state index contributed by atoms with van der Waals surface area (Å²) in [6.07, 6.45) is 1.54. The van der Waals surface area contributed by atoms with Gasteiger partial charge in [0.15, 0.2) is 0 Å². The molecule has 0 aliphatic rings. The summed E-state index contributed by atoms with van der Waals surface area (Å²) in [7, 11) is 7.10. The van der Waals surface area contributed by atoms with Crippen LogP contribution in [0.25, 0.3) is 0 Å². The van der Waals surface area contributed by atoms with Crippen LogP contribution in [0.2, 0.25) is 0 Å². The van der Waals surface area contributed by atoms with Crippen molar-refractivity contribution in [3.05, 3.63) is 76.6 Å². The number of benzene rings is 2. The molecule has 2 N–H and O–H groups in total. The molecule has 9 heteroatoms. The highest BCUT2D eigenvalue weighted by atomic mass is 32.2. The summed E-state index contributed by atoms with van der Waals surface area (Å²) in [4.78, 5) is 0. The first kappa shape index (κ1) is 26.5. The smallest absolute Gasteiger partial charge is 0.118 e. The lowest BCUT2D eigenvalue weighted by Crippen LogP contribution is -2.25. The summed E-state index contributed by atoms with van der Waals surface area (Å²) in [5.74, 6) is 1.71. The van der Waals surface area contributed by atoms with Gasteiger partial charge in [0.05, 0.1) is 25.6 Å². The molecule has 0 amide bonds. The molecule has 0 saturated heterocycles. The third-order valence-corrected chi connectivity index (χ3v) is 5.38. The van der Waals surface area contributed by atoms with Crippen LogP contribution in [0.15, 0.2) is 48.5 Å². The fourth-order valence-electron chi connectivity index (χ4n) is 3.69. The first-order chi connectivity index (χ1) is 15.6. The van der Waals surface area contributed by atoms with E-state index in [4.69, 9.17) is 28.1 Å². The van der Waals surface area contributed by atoms with E-state index in [0.717, 1.165) is 35.7 Å². The molecule has 180 valence electrons. The predicted molar refractivity (Wildman–Crippen MR) is 128 cm³/mol. The van der Waals surface area contributed by atoms with Gasteiger partial charge in [-0.25, -0.2) is 0 Å². The van der Waals surface area contributed by atoms with Gasteiger partial charge in [-0.1, -0.05) is 24.3 Å². The molecule has 2 aromatic carbocycles. The molecule has 3 rings (SSSR count). The van der Waals surface area contributed by atoms with E-state index >= 15 is 0 Å². The molecule has 1 aromatic heterocycles. The topological polar surface area (TPSA) is 112 Å². The van der Waals surface area contributed by atoms with Gasteiger partial charge in [-0.3, -0.25) is 14.0 Å². The van der Waals surface area contributed by atoms with Crippen molar-refractivity contribution in [3.8, 4) is 11.5 Å². The van der Waals surface area contributed by atoms with Gasteiger partial charge in [-0.2, -0.15) is 5.10 Å². The average Bonchev–Trinajstić information content (AvgIpc) is 3.09. The monoisotopic (exact) mass is 474 g/mol. The second-order valence-corrected chi connectivity index (χ2v) is 8.44. The number of methoxy groups -OCH3 is 3. The van der Waals surface area contributed by atoms with Crippen LogP contribution in [0.5, 0.6) is 11.5 Å². The maximum Gasteiger partial charge on any atom is 0.118 e. The average molecular weight is 475 g/mol. The molecule has 1 heterocycles. The molecule has 1 unspecified atom stereocenters. The van der Waals surface area contributed by atoms with Crippen molar-refractivity contribution in [2.45, 2.75) is 32.3 Å². The lowest BCUT2D eigenvalue weighted by molar-refractivity contribution is 0.0117. The van der Waals surface area contributed by atoms with Crippen molar-refractivity contribution >= 4 is 11.3 Å². The summed E-state index contributed by atoms with van der Waals surface area (Å²) in [6, 6.07) is 16.4. The van der Waals surface area contributed by atoms with Gasteiger partial charge in [0.2, 0.25) is 0 Å². The van der Waals surface area contributed by atoms with Gasteiger partial charge < -0.3 is 18.8 Å². The maximum absolute atomic E-state index is 8.78. The SMILES string of the molecule is COc1ccc(Cc2nn(C)c(C(C)(C)OC)c2Cc2ccc(OC)cc2)cc1.NS(=O)[O-]. The van der Waals surface area contributed by atoms with Gasteiger partial charge in [0, 0.05) is 43.8 Å². The minimum Gasteiger partial charge on any atom is -0.760 e. The van der Waals surface area contributed by atoms with Crippen LogP contribution in [-0.2, 0) is 41.5 Å². The summed E-state index contributed by atoms with van der Waals surface area (Å²) in [5.41, 5.74) is 5.33. The Morgan fingerprint density at radius 3 is 1.76 bits per heavy atom. The van der Waals surface area contributed by atoms with E-state index < -0.39 is 16.9 Å². The highest BCUT2D eigenvalue weighted by Crippen LogP contribution is 2.32. The molecule has 0 bridgehead atoms. The molecule has 0 radical (unpaired) electrons. The van der Waals surface area contributed by atoms with Gasteiger partial charge in [-0.05, 0) is 49.2 Å². The van der Waals surface area contributed by atoms with Crippen molar-refractivity contribution in [3.63, 3.8) is 0 Å². The van der Waals surface area contributed by atoms with Crippen LogP contribution in [0.3, 0.4) is 0 Å². The van der Waals surface area contributed by atoms with Crippen molar-refractivity contribution in [2.24, 2.45) is 12.2 Å². The van der Waals surface area contributed by atoms with Crippen LogP contribution in [0.1, 0.15) is 41.9 Å². The number of nitrogens with zero attached hydrogens (tertiary/aromatic N) is 2. The highest BCUT2D eigenvalue weighted by Gasteiger charge is 2.30. The fourth-order valence-corrected chi connectivity index (χ4v) is 3.69. The highest BCUT2D eigenvalue weighted by molar-refractivity contribution is 7.76. The Hall–Kier alpha value is -2.72. The Kier molecular flexibility index (Phi) is 9.60. The second-order valence-electron chi connectivity index (χ2n) is 7.92. The number of hydrogen-bond acceptors (Lipinski definition) is 6. The van der Waals surface area contributed by atoms with Crippen molar-refractivity contribution in [1.82, 2.24) is 9.78 Å². The van der Waals surface area contributed by atoms with E-state index in [1.54, 1.807) is 21.3 Å². The maximum atomic E-state index is 8.78. The van der Waals surface area contributed by atoms with Crippen molar-refractivity contribution in [1.29, 1.82) is 0 Å². The Morgan fingerprint density at radius 1 is 0.939 bits per heavy atom. The first-order valence-corrected chi connectivity index (χ1v) is 11.4. The van der Waals surface area contributed by atoms with E-state index in [9.17, 15) is 0 Å². The molecular weight excluding hydrogens is 442 g/mol. The van der Waals surface area contributed by atoms with E-state index in [1.807, 2.05) is 36.0 Å². The van der Waals surface area contributed by atoms with Crippen LogP contribution in [0, 0.1) is 0 Å². The Labute approximate surface area is 198 Å². The van der Waals surface area contributed by atoms with E-state index in [1.165, 1.54) is 16.7 Å². The number of ether oxygens (including phenoxy) is 3. The molecule has 8 nitrogen and oxygen atoms in total. The largest absolute Gasteiger partial charge is 0.760 e. The second kappa shape index (κ2) is 11.9. The van der Waals surface area contributed by atoms with E-state index in [2.05, 4.69) is 43.3 Å². The third-order valence-electron chi connectivity index (χ3n) is 5.38. The molecule has 33 heavy (non-hydrogen) atoms. The van der Waals surface area contributed by atoms with E-state index in [0.29, 0.717) is 0 Å². The number of nitrogens with two attached hydrogens (primary N) is 1. The van der Waals surface area contributed by atoms with Crippen LogP contribution < -0.4 is 14.6 Å². The van der Waals surface area contributed by atoms with Gasteiger partial charge in [-0.15, -0.1) is 0 Å². The minimum absolute atomic E-state index is 0.443. The molecule has 0 fully saturated rings. The zero-order chi connectivity index (χ0) is 24.6. The Bertz CT molecular complexity index is 1040. The van der Waals surface area contributed by atoms with Crippen molar-refractivity contribution in [2.75, 3.05) is 21.3 Å². The van der Waals surface area contributed by atoms with Crippen LogP contribution in [0.4, 0.5) is 0 Å². The normalized spacial score (nSPS) is 12.0. The van der Waals surface area contributed by atoms with Gasteiger partial charge in [0.25, 0.3) is 0 Å².